The average molecular weight is 176 g/mol. The van der Waals surface area contributed by atoms with E-state index in [0.717, 1.165) is 12.2 Å². The third-order valence-corrected chi connectivity index (χ3v) is 2.43. The number of nitrogens with zero attached hydrogens (tertiary/aromatic N) is 1. The number of anilines is 1. The van der Waals surface area contributed by atoms with E-state index < -0.39 is 0 Å². The molecule has 1 aliphatic rings. The molecule has 0 unspecified atom stereocenters. The summed E-state index contributed by atoms with van der Waals surface area (Å²) in [6, 6.07) is 2.19. The number of hydrogen-bond acceptors (Lipinski definition) is 1. The van der Waals surface area contributed by atoms with Crippen LogP contribution in [0.2, 0.25) is 0 Å². The predicted molar refractivity (Wildman–Crippen MR) is 55.9 cm³/mol. The van der Waals surface area contributed by atoms with Crippen molar-refractivity contribution in [1.29, 1.82) is 0 Å². The molecule has 0 saturated heterocycles. The first-order valence-corrected chi connectivity index (χ1v) is 4.63. The van der Waals surface area contributed by atoms with Gasteiger partial charge in [-0.25, -0.2) is 0 Å². The van der Waals surface area contributed by atoms with Crippen LogP contribution in [0.25, 0.3) is 0 Å². The van der Waals surface area contributed by atoms with Crippen LogP contribution in [-0.2, 0) is 12.0 Å². The highest BCUT2D eigenvalue weighted by atomic mass is 15.2. The summed E-state index contributed by atoms with van der Waals surface area (Å²) in [6.07, 6.45) is 2.13. The lowest BCUT2D eigenvalue weighted by atomic mass is 9.88. The van der Waals surface area contributed by atoms with Gasteiger partial charge < -0.3 is 9.88 Å². The number of fused-ring (bicyclic) bond motifs is 1. The number of rotatable bonds is 0. The Morgan fingerprint density at radius 1 is 1.46 bits per heavy atom. The van der Waals surface area contributed by atoms with Gasteiger partial charge in [-0.05, 0) is 17.0 Å². The molecule has 2 heterocycles. The molecule has 2 rings (SSSR count). The molecular weight excluding hydrogens is 160 g/mol. The van der Waals surface area contributed by atoms with Crippen molar-refractivity contribution in [3.63, 3.8) is 0 Å². The van der Waals surface area contributed by atoms with E-state index in [4.69, 9.17) is 0 Å². The Labute approximate surface area is 79.3 Å². The van der Waals surface area contributed by atoms with E-state index in [9.17, 15) is 0 Å². The van der Waals surface area contributed by atoms with Gasteiger partial charge in [0.25, 0.3) is 0 Å². The number of allylic oxidation sites excluding steroid dienone is 1. The van der Waals surface area contributed by atoms with E-state index in [0.29, 0.717) is 0 Å². The number of hydrogen-bond donors (Lipinski definition) is 1. The minimum absolute atomic E-state index is 0.207. The van der Waals surface area contributed by atoms with Crippen molar-refractivity contribution in [1.82, 2.24) is 4.57 Å². The summed E-state index contributed by atoms with van der Waals surface area (Å²) in [5.74, 6) is 1.22. The first kappa shape index (κ1) is 8.42. The fraction of sp³-hybridized carbons (Fsp3) is 0.455. The molecule has 1 aromatic rings. The second-order valence-electron chi connectivity index (χ2n) is 4.68. The summed E-state index contributed by atoms with van der Waals surface area (Å²) in [5.41, 5.74) is 2.66. The van der Waals surface area contributed by atoms with Crippen LogP contribution in [0.1, 0.15) is 26.3 Å². The molecule has 1 N–H and O–H groups in total. The van der Waals surface area contributed by atoms with E-state index in [1.54, 1.807) is 0 Å². The molecule has 2 heteroatoms. The maximum Gasteiger partial charge on any atom is 0.114 e. The predicted octanol–water partition coefficient (Wildman–Crippen LogP) is 2.72. The van der Waals surface area contributed by atoms with E-state index >= 15 is 0 Å². The molecule has 70 valence electrons. The molecule has 0 aliphatic carbocycles. The van der Waals surface area contributed by atoms with Gasteiger partial charge in [-0.2, -0.15) is 0 Å². The van der Waals surface area contributed by atoms with Crippen LogP contribution in [0.4, 0.5) is 5.82 Å². The van der Waals surface area contributed by atoms with Gasteiger partial charge in [-0.3, -0.25) is 0 Å². The standard InChI is InChI=1S/C11H16N2/c1-8-7-13-6-5-9(10(13)12-8)11(2,3)4/h5-6,12H,1,7H2,2-4H3. The third kappa shape index (κ3) is 1.26. The fourth-order valence-electron chi connectivity index (χ4n) is 1.76. The second kappa shape index (κ2) is 2.41. The largest absolute Gasteiger partial charge is 0.344 e. The summed E-state index contributed by atoms with van der Waals surface area (Å²) in [5, 5.41) is 3.32. The zero-order valence-electron chi connectivity index (χ0n) is 8.52. The molecule has 2 nitrogen and oxygen atoms in total. The van der Waals surface area contributed by atoms with Gasteiger partial charge in [-0.15, -0.1) is 0 Å². The van der Waals surface area contributed by atoms with E-state index in [2.05, 4.69) is 49.5 Å². The second-order valence-corrected chi connectivity index (χ2v) is 4.68. The van der Waals surface area contributed by atoms with E-state index in [1.807, 2.05) is 0 Å². The molecule has 0 atom stereocenters. The van der Waals surface area contributed by atoms with Crippen LogP contribution >= 0.6 is 0 Å². The first-order valence-electron chi connectivity index (χ1n) is 4.63. The molecule has 0 bridgehead atoms. The van der Waals surface area contributed by atoms with E-state index in [1.165, 1.54) is 11.4 Å². The van der Waals surface area contributed by atoms with Gasteiger partial charge in [0.1, 0.15) is 5.82 Å². The zero-order valence-corrected chi connectivity index (χ0v) is 8.52. The van der Waals surface area contributed by atoms with Gasteiger partial charge in [0.15, 0.2) is 0 Å². The molecule has 1 aliphatic heterocycles. The lowest BCUT2D eigenvalue weighted by Crippen LogP contribution is -2.11. The van der Waals surface area contributed by atoms with Crippen LogP contribution < -0.4 is 5.32 Å². The first-order chi connectivity index (χ1) is 5.98. The van der Waals surface area contributed by atoms with E-state index in [-0.39, 0.29) is 5.41 Å². The van der Waals surface area contributed by atoms with Crippen LogP contribution in [0.15, 0.2) is 24.5 Å². The molecule has 0 aromatic carbocycles. The van der Waals surface area contributed by atoms with Crippen molar-refractivity contribution in [3.8, 4) is 0 Å². The Hall–Kier alpha value is -1.18. The fourth-order valence-corrected chi connectivity index (χ4v) is 1.76. The summed E-state index contributed by atoms with van der Waals surface area (Å²) in [4.78, 5) is 0. The highest BCUT2D eigenvalue weighted by Gasteiger charge is 2.24. The van der Waals surface area contributed by atoms with Gasteiger partial charge in [0, 0.05) is 11.9 Å². The Morgan fingerprint density at radius 3 is 2.77 bits per heavy atom. The highest BCUT2D eigenvalue weighted by molar-refractivity contribution is 5.57. The normalized spacial score (nSPS) is 15.8. The third-order valence-electron chi connectivity index (χ3n) is 2.43. The minimum Gasteiger partial charge on any atom is -0.344 e. The Bertz CT molecular complexity index is 353. The highest BCUT2D eigenvalue weighted by Crippen LogP contribution is 2.34. The summed E-state index contributed by atoms with van der Waals surface area (Å²) in [7, 11) is 0. The van der Waals surface area contributed by atoms with Crippen molar-refractivity contribution in [2.24, 2.45) is 0 Å². The van der Waals surface area contributed by atoms with Crippen molar-refractivity contribution in [3.05, 3.63) is 30.1 Å². The zero-order chi connectivity index (χ0) is 9.64. The molecule has 0 saturated carbocycles. The molecular formula is C11H16N2. The van der Waals surface area contributed by atoms with Crippen LogP contribution in [-0.4, -0.2) is 4.57 Å². The van der Waals surface area contributed by atoms with Gasteiger partial charge in [0.2, 0.25) is 0 Å². The van der Waals surface area contributed by atoms with Gasteiger partial charge in [0.05, 0.1) is 6.54 Å². The Balaban J connectivity index is 2.47. The van der Waals surface area contributed by atoms with Crippen LogP contribution in [0.3, 0.4) is 0 Å². The van der Waals surface area contributed by atoms with Crippen molar-refractivity contribution < 1.29 is 0 Å². The molecule has 0 amide bonds. The lowest BCUT2D eigenvalue weighted by Gasteiger charge is -2.18. The minimum atomic E-state index is 0.207. The van der Waals surface area contributed by atoms with Crippen molar-refractivity contribution in [2.75, 3.05) is 5.32 Å². The smallest absolute Gasteiger partial charge is 0.114 e. The van der Waals surface area contributed by atoms with Crippen LogP contribution in [0, 0.1) is 0 Å². The summed E-state index contributed by atoms with van der Waals surface area (Å²) in [6.45, 7) is 11.5. The van der Waals surface area contributed by atoms with Crippen molar-refractivity contribution in [2.45, 2.75) is 32.7 Å². The monoisotopic (exact) mass is 176 g/mol. The molecule has 1 aromatic heterocycles. The lowest BCUT2D eigenvalue weighted by molar-refractivity contribution is 0.592. The maximum atomic E-state index is 3.93. The molecule has 0 radical (unpaired) electrons. The topological polar surface area (TPSA) is 17.0 Å². The molecule has 0 fully saturated rings. The van der Waals surface area contributed by atoms with Gasteiger partial charge >= 0.3 is 0 Å². The Morgan fingerprint density at radius 2 is 2.15 bits per heavy atom. The van der Waals surface area contributed by atoms with Crippen LogP contribution in [0.5, 0.6) is 0 Å². The van der Waals surface area contributed by atoms with Crippen molar-refractivity contribution >= 4 is 5.82 Å². The number of aromatic nitrogens is 1. The molecule has 13 heavy (non-hydrogen) atoms. The SMILES string of the molecule is C=C1Cn2ccc(C(C)(C)C)c2N1. The summed E-state index contributed by atoms with van der Waals surface area (Å²) < 4.78 is 2.21. The average Bonchev–Trinajstić information content (AvgIpc) is 2.41. The maximum absolute atomic E-state index is 3.93. The Kier molecular flexibility index (Phi) is 1.56. The number of nitrogens with one attached hydrogen (secondary N) is 1. The molecule has 0 spiro atoms. The summed E-state index contributed by atoms with van der Waals surface area (Å²) >= 11 is 0. The quantitative estimate of drug-likeness (QED) is 0.643. The van der Waals surface area contributed by atoms with Gasteiger partial charge in [-0.1, -0.05) is 27.4 Å².